The Hall–Kier alpha value is -1.93. The molecule has 3 nitrogen and oxygen atoms in total. The fraction of sp³-hybridized carbons (Fsp3) is 0.381. The van der Waals surface area contributed by atoms with Crippen molar-refractivity contribution in [2.75, 3.05) is 26.2 Å². The third-order valence-electron chi connectivity index (χ3n) is 5.09. The number of hydrogen-bond acceptors (Lipinski definition) is 3. The fourth-order valence-electron chi connectivity index (χ4n) is 3.46. The van der Waals surface area contributed by atoms with Gasteiger partial charge in [0.1, 0.15) is 5.82 Å². The molecule has 0 aromatic heterocycles. The molecule has 1 heterocycles. The van der Waals surface area contributed by atoms with Gasteiger partial charge in [-0.15, -0.1) is 0 Å². The molecule has 1 aliphatic rings. The van der Waals surface area contributed by atoms with Crippen LogP contribution in [0, 0.1) is 17.1 Å². The molecule has 2 aromatic carbocycles. The smallest absolute Gasteiger partial charge is 0.141 e. The Balaban J connectivity index is 1.60. The summed E-state index contributed by atoms with van der Waals surface area (Å²) in [6.07, 6.45) is 1.09. The molecule has 2 aromatic rings. The summed E-state index contributed by atoms with van der Waals surface area (Å²) in [5.74, 6) is -0.368. The number of nitriles is 1. The van der Waals surface area contributed by atoms with Crippen molar-refractivity contribution in [3.8, 4) is 6.07 Å². The maximum Gasteiger partial charge on any atom is 0.141 e. The van der Waals surface area contributed by atoms with E-state index in [4.69, 9.17) is 16.9 Å². The first-order valence-corrected chi connectivity index (χ1v) is 9.35. The SMILES string of the molecule is CC(c1ccc(F)c(Cl)c1)N1CCCN(Cc2ccc(C#N)cc2)CC1. The summed E-state index contributed by atoms with van der Waals surface area (Å²) in [6.45, 7) is 7.06. The Bertz CT molecular complexity index is 785. The maximum absolute atomic E-state index is 13.4. The quantitative estimate of drug-likeness (QED) is 0.785. The number of rotatable bonds is 4. The Labute approximate surface area is 159 Å². The highest BCUT2D eigenvalue weighted by atomic mass is 35.5. The van der Waals surface area contributed by atoms with Crippen LogP contribution in [0.3, 0.4) is 0 Å². The third-order valence-corrected chi connectivity index (χ3v) is 5.38. The lowest BCUT2D eigenvalue weighted by atomic mass is 10.1. The predicted octanol–water partition coefficient (Wildman–Crippen LogP) is 4.62. The van der Waals surface area contributed by atoms with Crippen molar-refractivity contribution in [3.05, 3.63) is 70.0 Å². The fourth-order valence-corrected chi connectivity index (χ4v) is 3.65. The highest BCUT2D eigenvalue weighted by Gasteiger charge is 2.21. The Kier molecular flexibility index (Phi) is 6.26. The number of halogens is 2. The molecule has 1 atom stereocenters. The number of nitrogens with zero attached hydrogens (tertiary/aromatic N) is 3. The first kappa shape index (κ1) is 18.8. The molecular weight excluding hydrogens is 349 g/mol. The molecule has 5 heteroatoms. The average molecular weight is 372 g/mol. The first-order chi connectivity index (χ1) is 12.6. The molecule has 1 aliphatic heterocycles. The molecular formula is C21H23ClFN3. The van der Waals surface area contributed by atoms with E-state index in [9.17, 15) is 4.39 Å². The van der Waals surface area contributed by atoms with Gasteiger partial charge in [0.2, 0.25) is 0 Å². The number of benzene rings is 2. The lowest BCUT2D eigenvalue weighted by molar-refractivity contribution is 0.208. The first-order valence-electron chi connectivity index (χ1n) is 8.97. The summed E-state index contributed by atoms with van der Waals surface area (Å²) in [5, 5.41) is 9.09. The van der Waals surface area contributed by atoms with E-state index in [-0.39, 0.29) is 16.9 Å². The van der Waals surface area contributed by atoms with Crippen molar-refractivity contribution < 1.29 is 4.39 Å². The normalized spacial score (nSPS) is 17.5. The van der Waals surface area contributed by atoms with E-state index in [0.717, 1.165) is 44.7 Å². The molecule has 0 amide bonds. The van der Waals surface area contributed by atoms with Gasteiger partial charge in [-0.05, 0) is 55.3 Å². The van der Waals surface area contributed by atoms with Crippen LogP contribution in [0.2, 0.25) is 5.02 Å². The third kappa shape index (κ3) is 4.62. The molecule has 3 rings (SSSR count). The van der Waals surface area contributed by atoms with Crippen molar-refractivity contribution in [2.45, 2.75) is 25.9 Å². The zero-order valence-electron chi connectivity index (χ0n) is 15.0. The molecule has 0 spiro atoms. The van der Waals surface area contributed by atoms with E-state index in [1.807, 2.05) is 30.3 Å². The minimum Gasteiger partial charge on any atom is -0.298 e. The van der Waals surface area contributed by atoms with Crippen LogP contribution < -0.4 is 0 Å². The van der Waals surface area contributed by atoms with Gasteiger partial charge < -0.3 is 0 Å². The molecule has 1 unspecified atom stereocenters. The highest BCUT2D eigenvalue weighted by molar-refractivity contribution is 6.30. The molecule has 0 radical (unpaired) electrons. The second-order valence-electron chi connectivity index (χ2n) is 6.82. The summed E-state index contributed by atoms with van der Waals surface area (Å²) in [7, 11) is 0. The second-order valence-corrected chi connectivity index (χ2v) is 7.23. The molecule has 1 fully saturated rings. The van der Waals surface area contributed by atoms with Gasteiger partial charge in [0.15, 0.2) is 0 Å². The van der Waals surface area contributed by atoms with E-state index >= 15 is 0 Å². The van der Waals surface area contributed by atoms with Gasteiger partial charge in [-0.25, -0.2) is 4.39 Å². The van der Waals surface area contributed by atoms with Gasteiger partial charge in [0.05, 0.1) is 16.7 Å². The molecule has 26 heavy (non-hydrogen) atoms. The molecule has 0 bridgehead atoms. The van der Waals surface area contributed by atoms with Crippen LogP contribution in [-0.2, 0) is 6.54 Å². The van der Waals surface area contributed by atoms with E-state index in [1.54, 1.807) is 6.07 Å². The standard InChI is InChI=1S/C21H23ClFN3/c1-16(19-7-8-21(23)20(22)13-19)26-10-2-9-25(11-12-26)15-18-5-3-17(14-24)4-6-18/h3-8,13,16H,2,9-12,15H2,1H3. The predicted molar refractivity (Wildman–Crippen MR) is 102 cm³/mol. The van der Waals surface area contributed by atoms with E-state index < -0.39 is 0 Å². The lowest BCUT2D eigenvalue weighted by Crippen LogP contribution is -2.32. The Morgan fingerprint density at radius 2 is 1.88 bits per heavy atom. The van der Waals surface area contributed by atoms with Crippen molar-refractivity contribution >= 4 is 11.6 Å². The van der Waals surface area contributed by atoms with E-state index in [0.29, 0.717) is 5.56 Å². The van der Waals surface area contributed by atoms with Crippen LogP contribution in [0.4, 0.5) is 4.39 Å². The maximum atomic E-state index is 13.4. The summed E-state index contributed by atoms with van der Waals surface area (Å²) in [6, 6.07) is 15.2. The van der Waals surface area contributed by atoms with Gasteiger partial charge in [-0.1, -0.05) is 29.8 Å². The summed E-state index contributed by atoms with van der Waals surface area (Å²) in [4.78, 5) is 4.88. The second kappa shape index (κ2) is 8.64. The summed E-state index contributed by atoms with van der Waals surface area (Å²) in [5.41, 5.74) is 2.98. The largest absolute Gasteiger partial charge is 0.298 e. The van der Waals surface area contributed by atoms with Gasteiger partial charge in [0.25, 0.3) is 0 Å². The zero-order valence-corrected chi connectivity index (χ0v) is 15.7. The Morgan fingerprint density at radius 3 is 2.58 bits per heavy atom. The summed E-state index contributed by atoms with van der Waals surface area (Å²) < 4.78 is 13.4. The zero-order chi connectivity index (χ0) is 18.5. The van der Waals surface area contributed by atoms with E-state index in [2.05, 4.69) is 22.8 Å². The van der Waals surface area contributed by atoms with Crippen molar-refractivity contribution in [3.63, 3.8) is 0 Å². The van der Waals surface area contributed by atoms with Gasteiger partial charge in [-0.2, -0.15) is 5.26 Å². The number of hydrogen-bond donors (Lipinski definition) is 0. The van der Waals surface area contributed by atoms with E-state index in [1.165, 1.54) is 11.6 Å². The molecule has 0 N–H and O–H groups in total. The molecule has 136 valence electrons. The highest BCUT2D eigenvalue weighted by Crippen LogP contribution is 2.26. The van der Waals surface area contributed by atoms with Crippen LogP contribution in [0.15, 0.2) is 42.5 Å². The van der Waals surface area contributed by atoms with Gasteiger partial charge >= 0.3 is 0 Å². The topological polar surface area (TPSA) is 30.3 Å². The Morgan fingerprint density at radius 1 is 1.12 bits per heavy atom. The van der Waals surface area contributed by atoms with Crippen LogP contribution in [0.25, 0.3) is 0 Å². The lowest BCUT2D eigenvalue weighted by Gasteiger charge is -2.28. The van der Waals surface area contributed by atoms with Crippen LogP contribution in [0.1, 0.15) is 36.1 Å². The average Bonchev–Trinajstić information content (AvgIpc) is 2.89. The van der Waals surface area contributed by atoms with Crippen molar-refractivity contribution in [1.82, 2.24) is 9.80 Å². The monoisotopic (exact) mass is 371 g/mol. The van der Waals surface area contributed by atoms with Crippen LogP contribution >= 0.6 is 11.6 Å². The summed E-state index contributed by atoms with van der Waals surface area (Å²) >= 11 is 5.94. The molecule has 1 saturated heterocycles. The van der Waals surface area contributed by atoms with Crippen molar-refractivity contribution in [2.24, 2.45) is 0 Å². The van der Waals surface area contributed by atoms with Crippen LogP contribution in [0.5, 0.6) is 0 Å². The molecule has 0 saturated carbocycles. The van der Waals surface area contributed by atoms with Gasteiger partial charge in [0, 0.05) is 32.2 Å². The minimum absolute atomic E-state index is 0.187. The molecule has 0 aliphatic carbocycles. The van der Waals surface area contributed by atoms with Gasteiger partial charge in [-0.3, -0.25) is 9.80 Å². The van der Waals surface area contributed by atoms with Crippen molar-refractivity contribution in [1.29, 1.82) is 5.26 Å². The minimum atomic E-state index is -0.368. The van der Waals surface area contributed by atoms with Crippen LogP contribution in [-0.4, -0.2) is 36.0 Å².